The largest absolute Gasteiger partial charge is 2.00 e. The van der Waals surface area contributed by atoms with Gasteiger partial charge in [0.1, 0.15) is 0 Å². The molecule has 0 fully saturated rings. The molecule has 8 heavy (non-hydrogen) atoms. The average molecular weight is 163 g/mol. The smallest absolute Gasteiger partial charge is 1.00 e. The predicted molar refractivity (Wildman–Crippen MR) is 40.2 cm³/mol. The summed E-state index contributed by atoms with van der Waals surface area (Å²) in [4.78, 5) is 3.78. The Morgan fingerprint density at radius 2 is 1.38 bits per heavy atom. The van der Waals surface area contributed by atoms with Crippen molar-refractivity contribution in [3.63, 3.8) is 0 Å². The third-order valence-corrected chi connectivity index (χ3v) is 0.566. The first-order chi connectivity index (χ1) is 3.00. The van der Waals surface area contributed by atoms with Gasteiger partial charge in [0.25, 0.3) is 0 Å². The Morgan fingerprint density at radius 3 is 1.50 bits per heavy atom. The Morgan fingerprint density at radius 1 is 0.875 bits per heavy atom. The fraction of sp³-hybridized carbons (Fsp3) is 0. The molecular weight excluding hydrogens is 154 g/mol. The maximum atomic E-state index is 3.78. The molecule has 0 aliphatic heterocycles. The zero-order valence-corrected chi connectivity index (χ0v) is 9.16. The third-order valence-electron chi connectivity index (χ3n) is 0.566. The van der Waals surface area contributed by atoms with Crippen molar-refractivity contribution in [3.8, 4) is 0 Å². The van der Waals surface area contributed by atoms with Gasteiger partial charge in [0.15, 0.2) is 0 Å². The van der Waals surface area contributed by atoms with E-state index in [1.54, 1.807) is 12.4 Å². The first-order valence-electron chi connectivity index (χ1n) is 1.85. The molecule has 0 amide bonds. The molecule has 0 bridgehead atoms. The van der Waals surface area contributed by atoms with Crippen LogP contribution in [-0.4, -0.2) is 80.5 Å². The second kappa shape index (κ2) is 8.67. The molecule has 0 saturated heterocycles. The van der Waals surface area contributed by atoms with Crippen LogP contribution < -0.4 is 0 Å². The van der Waals surface area contributed by atoms with Crippen LogP contribution in [0.2, 0.25) is 0 Å². The zero-order chi connectivity index (χ0) is 4.24. The van der Waals surface area contributed by atoms with Crippen LogP contribution in [0.25, 0.3) is 0 Å². The van der Waals surface area contributed by atoms with Gasteiger partial charge in [0, 0.05) is 12.4 Å². The van der Waals surface area contributed by atoms with Gasteiger partial charge in [-0.25, -0.2) is 0 Å². The second-order valence-electron chi connectivity index (χ2n) is 1.02. The van der Waals surface area contributed by atoms with Gasteiger partial charge in [0.05, 0.1) is 0 Å². The number of aromatic nitrogens is 1. The Kier molecular flexibility index (Phi) is 13.4. The molecule has 38 valence electrons. The van der Waals surface area contributed by atoms with Crippen molar-refractivity contribution < 1.29 is 5.71 Å². The van der Waals surface area contributed by atoms with Crippen LogP contribution in [0.15, 0.2) is 30.6 Å². The first kappa shape index (κ1) is 12.4. The van der Waals surface area contributed by atoms with Crippen molar-refractivity contribution in [3.05, 3.63) is 30.6 Å². The fourth-order valence-corrected chi connectivity index (χ4v) is 0.313. The normalized spacial score (nSPS) is 6.00. The van der Waals surface area contributed by atoms with E-state index in [0.717, 1.165) is 0 Å². The summed E-state index contributed by atoms with van der Waals surface area (Å²) < 4.78 is 0. The van der Waals surface area contributed by atoms with E-state index in [9.17, 15) is 0 Å². The van der Waals surface area contributed by atoms with Crippen molar-refractivity contribution in [2.45, 2.75) is 0 Å². The quantitative estimate of drug-likeness (QED) is 0.515. The van der Waals surface area contributed by atoms with Crippen molar-refractivity contribution in [1.29, 1.82) is 0 Å². The summed E-state index contributed by atoms with van der Waals surface area (Å²) in [6.45, 7) is 0. The molecule has 1 aromatic rings. The average Bonchev–Trinajstić information content (AvgIpc) is 1.72. The SMILES string of the molecule is [Ca+2].[Ca+2].[H-].[H-].[H-].[H-].c1ccncc1. The van der Waals surface area contributed by atoms with E-state index >= 15 is 0 Å². The van der Waals surface area contributed by atoms with E-state index in [1.165, 1.54) is 0 Å². The Bertz CT molecular complexity index is 93.4. The number of nitrogens with zero attached hydrogens (tertiary/aromatic N) is 1. The van der Waals surface area contributed by atoms with Gasteiger partial charge in [-0.1, -0.05) is 6.07 Å². The molecular formula is C5H9Ca2N. The van der Waals surface area contributed by atoms with E-state index in [0.29, 0.717) is 0 Å². The van der Waals surface area contributed by atoms with Gasteiger partial charge >= 0.3 is 75.5 Å². The molecule has 0 aliphatic carbocycles. The van der Waals surface area contributed by atoms with E-state index in [2.05, 4.69) is 4.98 Å². The Balaban J connectivity index is -0.0000000150. The predicted octanol–water partition coefficient (Wildman–Crippen LogP) is 0.770. The van der Waals surface area contributed by atoms with Crippen molar-refractivity contribution in [1.82, 2.24) is 4.98 Å². The fourth-order valence-electron chi connectivity index (χ4n) is 0.313. The van der Waals surface area contributed by atoms with Crippen LogP contribution >= 0.6 is 0 Å². The van der Waals surface area contributed by atoms with Gasteiger partial charge in [-0.2, -0.15) is 0 Å². The number of hydrogen-bond donors (Lipinski definition) is 0. The minimum absolute atomic E-state index is 0. The van der Waals surface area contributed by atoms with Crippen molar-refractivity contribution in [2.75, 3.05) is 0 Å². The summed E-state index contributed by atoms with van der Waals surface area (Å²) in [6.07, 6.45) is 3.50. The molecule has 0 atom stereocenters. The number of rotatable bonds is 0. The monoisotopic (exact) mass is 163 g/mol. The molecule has 0 spiro atoms. The van der Waals surface area contributed by atoms with Crippen LogP contribution in [0, 0.1) is 0 Å². The molecule has 0 unspecified atom stereocenters. The second-order valence-corrected chi connectivity index (χ2v) is 1.02. The van der Waals surface area contributed by atoms with Crippen LogP contribution in [-0.2, 0) is 0 Å². The topological polar surface area (TPSA) is 12.9 Å². The maximum Gasteiger partial charge on any atom is 2.00 e. The standard InChI is InChI=1S/C5H5N.2Ca.4H/c1-2-4-6-5-3-1;;;;;;/h1-5H;;;;;;/q;2*+2;4*-1. The summed E-state index contributed by atoms with van der Waals surface area (Å²) in [6, 6.07) is 5.72. The summed E-state index contributed by atoms with van der Waals surface area (Å²) >= 11 is 0. The van der Waals surface area contributed by atoms with E-state index in [1.807, 2.05) is 18.2 Å². The summed E-state index contributed by atoms with van der Waals surface area (Å²) in [5.74, 6) is 0. The molecule has 0 aliphatic rings. The third kappa shape index (κ3) is 5.80. The number of pyridine rings is 1. The summed E-state index contributed by atoms with van der Waals surface area (Å²) in [5, 5.41) is 0. The van der Waals surface area contributed by atoms with Crippen LogP contribution in [0.5, 0.6) is 0 Å². The molecule has 3 heteroatoms. The maximum absolute atomic E-state index is 3.78. The molecule has 0 radical (unpaired) electrons. The van der Waals surface area contributed by atoms with E-state index in [4.69, 9.17) is 0 Å². The summed E-state index contributed by atoms with van der Waals surface area (Å²) in [7, 11) is 0. The number of hydrogen-bond acceptors (Lipinski definition) is 1. The van der Waals surface area contributed by atoms with Gasteiger partial charge in [0.2, 0.25) is 0 Å². The van der Waals surface area contributed by atoms with Gasteiger partial charge in [-0.15, -0.1) is 0 Å². The Hall–Kier alpha value is 1.67. The molecule has 1 heterocycles. The molecule has 0 saturated carbocycles. The van der Waals surface area contributed by atoms with E-state index in [-0.39, 0.29) is 81.2 Å². The van der Waals surface area contributed by atoms with E-state index < -0.39 is 0 Å². The molecule has 1 aromatic heterocycles. The molecule has 1 nitrogen and oxygen atoms in total. The first-order valence-corrected chi connectivity index (χ1v) is 1.85. The molecule has 0 N–H and O–H groups in total. The van der Waals surface area contributed by atoms with Crippen molar-refractivity contribution in [2.24, 2.45) is 0 Å². The molecule has 0 aromatic carbocycles. The minimum Gasteiger partial charge on any atom is -1.00 e. The summed E-state index contributed by atoms with van der Waals surface area (Å²) in [5.41, 5.74) is 0. The Labute approximate surface area is 115 Å². The zero-order valence-electron chi connectivity index (χ0n) is 8.75. The van der Waals surface area contributed by atoms with Crippen LogP contribution in [0.4, 0.5) is 0 Å². The van der Waals surface area contributed by atoms with Crippen molar-refractivity contribution >= 4 is 75.5 Å². The van der Waals surface area contributed by atoms with Crippen LogP contribution in [0.1, 0.15) is 5.71 Å². The van der Waals surface area contributed by atoms with Gasteiger partial charge in [-0.3, -0.25) is 4.98 Å². The van der Waals surface area contributed by atoms with Crippen LogP contribution in [0.3, 0.4) is 0 Å². The van der Waals surface area contributed by atoms with Gasteiger partial charge < -0.3 is 5.71 Å². The molecule has 1 rings (SSSR count). The van der Waals surface area contributed by atoms with Gasteiger partial charge in [-0.05, 0) is 12.1 Å². The minimum atomic E-state index is 0.